The molecule has 1 amide bonds. The number of likely N-dealkylation sites (N-methyl/N-ethyl adjacent to an activating group) is 1. The van der Waals surface area contributed by atoms with Crippen LogP contribution in [0, 0.1) is 5.92 Å². The molecule has 13 heteroatoms. The molecule has 2 aromatic heterocycles. The van der Waals surface area contributed by atoms with Crippen LogP contribution in [0.5, 0.6) is 0 Å². The number of halogens is 1. The van der Waals surface area contributed by atoms with Crippen LogP contribution in [-0.2, 0) is 9.53 Å². The number of nitrogens with zero attached hydrogens (tertiary/aromatic N) is 4. The van der Waals surface area contributed by atoms with Crippen molar-refractivity contribution in [3.63, 3.8) is 0 Å². The Morgan fingerprint density at radius 2 is 2.00 bits per heavy atom. The van der Waals surface area contributed by atoms with Crippen molar-refractivity contribution < 1.29 is 24.9 Å². The van der Waals surface area contributed by atoms with Gasteiger partial charge in [0.15, 0.2) is 23.8 Å². The molecule has 1 unspecified atom stereocenters. The summed E-state index contributed by atoms with van der Waals surface area (Å²) in [7, 11) is 0. The Kier molecular flexibility index (Phi) is 8.88. The van der Waals surface area contributed by atoms with Crippen molar-refractivity contribution in [3.8, 4) is 0 Å². The monoisotopic (exact) mass is 499 g/mol. The number of hydrogen-bond donors (Lipinski definition) is 6. The van der Waals surface area contributed by atoms with Crippen molar-refractivity contribution in [1.29, 1.82) is 0 Å². The average molecular weight is 500 g/mol. The molecule has 12 nitrogen and oxygen atoms in total. The Morgan fingerprint density at radius 1 is 1.26 bits per heavy atom. The molecular formula is C21H34ClN7O5. The Labute approximate surface area is 203 Å². The number of fused-ring (bicyclic) bond motifs is 1. The zero-order valence-electron chi connectivity index (χ0n) is 19.1. The molecule has 1 saturated heterocycles. The van der Waals surface area contributed by atoms with Crippen molar-refractivity contribution in [2.45, 2.75) is 76.1 Å². The molecule has 4 rings (SSSR count). The van der Waals surface area contributed by atoms with E-state index in [9.17, 15) is 20.1 Å². The molecule has 5 atom stereocenters. The summed E-state index contributed by atoms with van der Waals surface area (Å²) in [5.74, 6) is 0.519. The van der Waals surface area contributed by atoms with E-state index in [-0.39, 0.29) is 18.2 Å². The number of anilines is 2. The largest absolute Gasteiger partial charge is 0.387 e. The van der Waals surface area contributed by atoms with E-state index in [1.165, 1.54) is 43.0 Å². The van der Waals surface area contributed by atoms with Gasteiger partial charge in [0, 0.05) is 13.1 Å². The molecule has 0 spiro atoms. The summed E-state index contributed by atoms with van der Waals surface area (Å²) in [6, 6.07) is 0. The maximum absolute atomic E-state index is 12.0. The molecule has 34 heavy (non-hydrogen) atoms. The van der Waals surface area contributed by atoms with Crippen LogP contribution in [0.3, 0.4) is 0 Å². The van der Waals surface area contributed by atoms with Crippen molar-refractivity contribution in [2.75, 3.05) is 24.1 Å². The van der Waals surface area contributed by atoms with Crippen LogP contribution in [0.4, 0.5) is 11.8 Å². The lowest BCUT2D eigenvalue weighted by Gasteiger charge is -2.21. The van der Waals surface area contributed by atoms with Gasteiger partial charge in [0.1, 0.15) is 23.8 Å². The summed E-state index contributed by atoms with van der Waals surface area (Å²) in [5.41, 5.74) is 6.72. The zero-order chi connectivity index (χ0) is 23.5. The van der Waals surface area contributed by atoms with E-state index >= 15 is 0 Å². The normalized spacial score (nSPS) is 26.2. The summed E-state index contributed by atoms with van der Waals surface area (Å²) < 4.78 is 7.13. The first-order valence-corrected chi connectivity index (χ1v) is 11.6. The van der Waals surface area contributed by atoms with Crippen molar-refractivity contribution in [3.05, 3.63) is 6.33 Å². The number of nitrogen functional groups attached to an aromatic ring is 1. The first kappa shape index (κ1) is 26.4. The molecular weight excluding hydrogens is 466 g/mol. The topological polar surface area (TPSA) is 181 Å². The van der Waals surface area contributed by atoms with Crippen LogP contribution >= 0.6 is 12.4 Å². The number of nitrogens with one attached hydrogen (secondary N) is 2. The van der Waals surface area contributed by atoms with E-state index in [2.05, 4.69) is 25.6 Å². The Morgan fingerprint density at radius 3 is 2.71 bits per heavy atom. The quantitative estimate of drug-likeness (QED) is 0.296. The fraction of sp³-hybridized carbons (Fsp3) is 0.714. The predicted molar refractivity (Wildman–Crippen MR) is 127 cm³/mol. The molecule has 0 aromatic carbocycles. The maximum atomic E-state index is 12.0. The smallest absolute Gasteiger partial charge is 0.251 e. The highest BCUT2D eigenvalue weighted by Crippen LogP contribution is 2.34. The van der Waals surface area contributed by atoms with Gasteiger partial charge in [-0.2, -0.15) is 9.97 Å². The fourth-order valence-electron chi connectivity index (χ4n) is 4.67. The maximum Gasteiger partial charge on any atom is 0.251 e. The minimum absolute atomic E-state index is 0. The summed E-state index contributed by atoms with van der Waals surface area (Å²) in [5, 5.41) is 37.0. The van der Waals surface area contributed by atoms with E-state index in [4.69, 9.17) is 10.5 Å². The standard InChI is InChI=1S/C21H33N7O5.ClH/c1-2-23-19(32)15(31)16-13(29)14(30)20(33-16)28-10-25-12-17(22)26-21(27-18(12)28)24-9-8-11-6-4-3-5-7-11;/h10-11,13-16,20,29-31H,2-9H2,1H3,(H,23,32)(H3,22,24,26,27);1H/t13-,14+,15?,16-,20+;/m0./s1. The Bertz CT molecular complexity index is 970. The van der Waals surface area contributed by atoms with Crippen LogP contribution in [0.15, 0.2) is 6.33 Å². The van der Waals surface area contributed by atoms with E-state index in [0.29, 0.717) is 36.1 Å². The Hall–Kier alpha value is -2.25. The highest BCUT2D eigenvalue weighted by Gasteiger charge is 2.49. The van der Waals surface area contributed by atoms with Crippen LogP contribution in [0.25, 0.3) is 11.2 Å². The lowest BCUT2D eigenvalue weighted by Crippen LogP contribution is -2.47. The third kappa shape index (κ3) is 5.36. The van der Waals surface area contributed by atoms with Crippen LogP contribution < -0.4 is 16.4 Å². The van der Waals surface area contributed by atoms with Gasteiger partial charge in [0.05, 0.1) is 6.33 Å². The summed E-state index contributed by atoms with van der Waals surface area (Å²) in [6.45, 7) is 2.73. The van der Waals surface area contributed by atoms with E-state index < -0.39 is 36.6 Å². The van der Waals surface area contributed by atoms with Gasteiger partial charge < -0.3 is 36.4 Å². The number of ether oxygens (including phenoxy) is 1. The van der Waals surface area contributed by atoms with Crippen LogP contribution in [0.2, 0.25) is 0 Å². The third-order valence-electron chi connectivity index (χ3n) is 6.49. The number of carbonyl (C=O) groups excluding carboxylic acids is 1. The average Bonchev–Trinajstić information content (AvgIpc) is 3.35. The molecule has 2 fully saturated rings. The third-order valence-corrected chi connectivity index (χ3v) is 6.49. The molecule has 2 aromatic rings. The van der Waals surface area contributed by atoms with Gasteiger partial charge in [-0.1, -0.05) is 32.1 Å². The van der Waals surface area contributed by atoms with Gasteiger partial charge in [0.2, 0.25) is 5.95 Å². The molecule has 3 heterocycles. The first-order chi connectivity index (χ1) is 15.9. The number of nitrogens with two attached hydrogens (primary N) is 1. The number of rotatable bonds is 8. The molecule has 1 aliphatic carbocycles. The van der Waals surface area contributed by atoms with Crippen LogP contribution in [-0.4, -0.2) is 78.3 Å². The highest BCUT2D eigenvalue weighted by atomic mass is 35.5. The summed E-state index contributed by atoms with van der Waals surface area (Å²) >= 11 is 0. The molecule has 1 saturated carbocycles. The molecule has 7 N–H and O–H groups in total. The van der Waals surface area contributed by atoms with Gasteiger partial charge in [0.25, 0.3) is 5.91 Å². The predicted octanol–water partition coefficient (Wildman–Crippen LogP) is 0.329. The molecule has 2 aliphatic rings. The van der Waals surface area contributed by atoms with Gasteiger partial charge in [-0.25, -0.2) is 4.98 Å². The molecule has 0 radical (unpaired) electrons. The second kappa shape index (κ2) is 11.5. The van der Waals surface area contributed by atoms with Crippen LogP contribution in [0.1, 0.15) is 51.7 Å². The zero-order valence-corrected chi connectivity index (χ0v) is 19.9. The lowest BCUT2D eigenvalue weighted by atomic mass is 9.87. The minimum atomic E-state index is -1.65. The van der Waals surface area contributed by atoms with Crippen molar-refractivity contribution >= 4 is 41.2 Å². The SMILES string of the molecule is CCNC(=O)C(O)[C@H]1O[C@@H](n2cnc3c(N)nc(NCCC4CCCCC4)nc32)[C@H](O)[C@@H]1O.Cl. The summed E-state index contributed by atoms with van der Waals surface area (Å²) in [4.78, 5) is 25.0. The van der Waals surface area contributed by atoms with E-state index in [1.807, 2.05) is 0 Å². The molecule has 190 valence electrons. The molecule has 0 bridgehead atoms. The summed E-state index contributed by atoms with van der Waals surface area (Å²) in [6.07, 6.45) is 1.78. The Balaban J connectivity index is 0.00000324. The second-order valence-corrected chi connectivity index (χ2v) is 8.79. The van der Waals surface area contributed by atoms with Gasteiger partial charge >= 0.3 is 0 Å². The van der Waals surface area contributed by atoms with E-state index in [0.717, 1.165) is 6.42 Å². The van der Waals surface area contributed by atoms with E-state index in [1.54, 1.807) is 6.92 Å². The van der Waals surface area contributed by atoms with Gasteiger partial charge in [-0.3, -0.25) is 9.36 Å². The van der Waals surface area contributed by atoms with Crippen molar-refractivity contribution in [1.82, 2.24) is 24.8 Å². The first-order valence-electron chi connectivity index (χ1n) is 11.6. The van der Waals surface area contributed by atoms with Gasteiger partial charge in [-0.05, 0) is 19.3 Å². The minimum Gasteiger partial charge on any atom is -0.387 e. The number of amides is 1. The highest BCUT2D eigenvalue weighted by molar-refractivity contribution is 5.85. The second-order valence-electron chi connectivity index (χ2n) is 8.79. The fourth-order valence-corrected chi connectivity index (χ4v) is 4.67. The van der Waals surface area contributed by atoms with Crippen molar-refractivity contribution in [2.24, 2.45) is 5.92 Å². The number of hydrogen-bond acceptors (Lipinski definition) is 10. The number of carbonyl (C=O) groups is 1. The number of aliphatic hydroxyl groups excluding tert-OH is 3. The lowest BCUT2D eigenvalue weighted by molar-refractivity contribution is -0.143. The van der Waals surface area contributed by atoms with Gasteiger partial charge in [-0.15, -0.1) is 12.4 Å². The number of imidazole rings is 1. The molecule has 1 aliphatic heterocycles. The number of aromatic nitrogens is 4. The number of aliphatic hydroxyl groups is 3.